The van der Waals surface area contributed by atoms with Crippen molar-refractivity contribution >= 4 is 15.7 Å². The van der Waals surface area contributed by atoms with E-state index in [1.807, 2.05) is 19.9 Å². The van der Waals surface area contributed by atoms with Gasteiger partial charge in [0.1, 0.15) is 11.0 Å². The van der Waals surface area contributed by atoms with E-state index in [0.29, 0.717) is 48.5 Å². The number of rotatable bonds is 6. The number of fused-ring (bicyclic) bond motifs is 1. The summed E-state index contributed by atoms with van der Waals surface area (Å²) in [5.41, 5.74) is 2.33. The maximum absolute atomic E-state index is 13.5. The summed E-state index contributed by atoms with van der Waals surface area (Å²) in [5.74, 6) is 2.26. The zero-order valence-electron chi connectivity index (χ0n) is 19.1. The van der Waals surface area contributed by atoms with Gasteiger partial charge in [0, 0.05) is 24.8 Å². The number of hydrogen-bond donors (Lipinski definition) is 1. The van der Waals surface area contributed by atoms with Crippen molar-refractivity contribution in [2.75, 3.05) is 18.4 Å². The molecule has 1 aliphatic heterocycles. The highest BCUT2D eigenvalue weighted by Crippen LogP contribution is 2.39. The van der Waals surface area contributed by atoms with E-state index in [0.717, 1.165) is 18.5 Å². The summed E-state index contributed by atoms with van der Waals surface area (Å²) in [7, 11) is -3.73. The van der Waals surface area contributed by atoms with Gasteiger partial charge in [0.05, 0.1) is 17.8 Å². The van der Waals surface area contributed by atoms with Gasteiger partial charge < -0.3 is 9.84 Å². The summed E-state index contributed by atoms with van der Waals surface area (Å²) < 4.78 is 34.1. The molecule has 2 atom stereocenters. The van der Waals surface area contributed by atoms with Crippen molar-refractivity contribution in [3.05, 3.63) is 40.8 Å². The smallest absolute Gasteiger partial charge is 0.244 e. The molecule has 32 heavy (non-hydrogen) atoms. The molecule has 2 aliphatic rings. The van der Waals surface area contributed by atoms with Crippen LogP contribution in [0.4, 0.5) is 5.69 Å². The first-order valence-corrected chi connectivity index (χ1v) is 13.0. The van der Waals surface area contributed by atoms with Crippen LogP contribution in [0.1, 0.15) is 74.5 Å². The minimum Gasteiger partial charge on any atom is -0.378 e. The van der Waals surface area contributed by atoms with E-state index < -0.39 is 10.0 Å². The van der Waals surface area contributed by atoms with Crippen LogP contribution < -0.4 is 5.32 Å². The normalized spacial score (nSPS) is 21.8. The number of hydrogen-bond acceptors (Lipinski definition) is 6. The van der Waals surface area contributed by atoms with Crippen LogP contribution in [0.3, 0.4) is 0 Å². The monoisotopic (exact) mass is 456 g/mol. The maximum atomic E-state index is 13.5. The minimum atomic E-state index is -3.73. The van der Waals surface area contributed by atoms with Crippen LogP contribution in [0.25, 0.3) is 0 Å². The summed E-state index contributed by atoms with van der Waals surface area (Å²) in [6.45, 7) is 7.34. The molecule has 1 saturated heterocycles. The molecule has 172 valence electrons. The van der Waals surface area contributed by atoms with E-state index in [1.165, 1.54) is 19.3 Å². The van der Waals surface area contributed by atoms with Crippen molar-refractivity contribution < 1.29 is 12.9 Å². The lowest BCUT2D eigenvalue weighted by Gasteiger charge is -2.23. The second kappa shape index (κ2) is 9.24. The van der Waals surface area contributed by atoms with Gasteiger partial charge in [-0.3, -0.25) is 0 Å². The number of anilines is 1. The van der Waals surface area contributed by atoms with Gasteiger partial charge in [-0.15, -0.1) is 0 Å². The van der Waals surface area contributed by atoms with E-state index in [1.54, 1.807) is 23.4 Å². The van der Waals surface area contributed by atoms with Crippen molar-refractivity contribution in [1.82, 2.24) is 9.46 Å². The van der Waals surface area contributed by atoms with Gasteiger partial charge in [-0.25, -0.2) is 8.42 Å². The second-order valence-corrected chi connectivity index (χ2v) is 11.3. The molecule has 1 N–H and O–H groups in total. The lowest BCUT2D eigenvalue weighted by molar-refractivity contribution is 0.378. The van der Waals surface area contributed by atoms with Crippen LogP contribution in [0.5, 0.6) is 0 Å². The predicted molar refractivity (Wildman–Crippen MR) is 123 cm³/mol. The molecule has 2 aromatic rings. The van der Waals surface area contributed by atoms with E-state index in [-0.39, 0.29) is 16.4 Å². The van der Waals surface area contributed by atoms with Crippen LogP contribution in [0.15, 0.2) is 27.6 Å². The molecule has 8 heteroatoms. The van der Waals surface area contributed by atoms with Gasteiger partial charge in [-0.1, -0.05) is 38.3 Å². The molecule has 2 fully saturated rings. The SMILES string of the molecule is Cc1cc(NCc2cc(C(C)C)no2)cc(C#N)c1S(=O)(=O)N1CCC2CCCC2CC1. The zero-order valence-corrected chi connectivity index (χ0v) is 19.9. The quantitative estimate of drug-likeness (QED) is 0.671. The van der Waals surface area contributed by atoms with Crippen molar-refractivity contribution in [2.45, 2.75) is 70.2 Å². The third-order valence-corrected chi connectivity index (χ3v) is 9.05. The lowest BCUT2D eigenvalue weighted by Crippen LogP contribution is -2.33. The van der Waals surface area contributed by atoms with Crippen LogP contribution >= 0.6 is 0 Å². The molecular formula is C24H32N4O3S. The van der Waals surface area contributed by atoms with Crippen LogP contribution in [-0.2, 0) is 16.6 Å². The minimum absolute atomic E-state index is 0.138. The predicted octanol–water partition coefficient (Wildman–Crippen LogP) is 4.79. The van der Waals surface area contributed by atoms with Gasteiger partial charge in [0.15, 0.2) is 5.76 Å². The fraction of sp³-hybridized carbons (Fsp3) is 0.583. The van der Waals surface area contributed by atoms with Crippen molar-refractivity contribution in [1.29, 1.82) is 5.26 Å². The number of sulfonamides is 1. The average molecular weight is 457 g/mol. The Morgan fingerprint density at radius 1 is 1.19 bits per heavy atom. The molecule has 0 bridgehead atoms. The van der Waals surface area contributed by atoms with Crippen molar-refractivity contribution in [3.63, 3.8) is 0 Å². The Labute approximate surface area is 190 Å². The Balaban J connectivity index is 1.54. The van der Waals surface area contributed by atoms with E-state index in [9.17, 15) is 13.7 Å². The van der Waals surface area contributed by atoms with Gasteiger partial charge >= 0.3 is 0 Å². The van der Waals surface area contributed by atoms with Crippen LogP contribution in [0, 0.1) is 30.1 Å². The van der Waals surface area contributed by atoms with Crippen molar-refractivity contribution in [2.24, 2.45) is 11.8 Å². The number of aromatic nitrogens is 1. The summed E-state index contributed by atoms with van der Waals surface area (Å²) in [6.07, 6.45) is 5.53. The van der Waals surface area contributed by atoms with Gasteiger partial charge in [-0.05, 0) is 55.2 Å². The second-order valence-electron chi connectivity index (χ2n) is 9.44. The Kier molecular flexibility index (Phi) is 6.59. The molecule has 0 spiro atoms. The first kappa shape index (κ1) is 22.8. The third-order valence-electron chi connectivity index (χ3n) is 6.94. The lowest BCUT2D eigenvalue weighted by atomic mass is 9.92. The fourth-order valence-electron chi connectivity index (χ4n) is 5.15. The third kappa shape index (κ3) is 4.55. The van der Waals surface area contributed by atoms with Crippen LogP contribution in [-0.4, -0.2) is 31.0 Å². The number of aryl methyl sites for hydroxylation is 1. The first-order chi connectivity index (χ1) is 15.3. The van der Waals surface area contributed by atoms with E-state index in [4.69, 9.17) is 4.52 Å². The molecule has 0 amide bonds. The molecule has 4 rings (SSSR count). The highest BCUT2D eigenvalue weighted by molar-refractivity contribution is 7.89. The summed E-state index contributed by atoms with van der Waals surface area (Å²) >= 11 is 0. The number of nitriles is 1. The molecule has 7 nitrogen and oxygen atoms in total. The largest absolute Gasteiger partial charge is 0.378 e. The Bertz CT molecular complexity index is 1100. The molecule has 2 unspecified atom stereocenters. The maximum Gasteiger partial charge on any atom is 0.244 e. The molecule has 1 saturated carbocycles. The molecular weight excluding hydrogens is 424 g/mol. The first-order valence-electron chi connectivity index (χ1n) is 11.5. The standard InChI is InChI=1S/C24H32N4O3S/c1-16(2)23-13-22(31-27-23)15-26-21-11-17(3)24(20(12-21)14-25)32(29,30)28-9-7-18-5-4-6-19(18)8-10-28/h11-13,16,18-19,26H,4-10,15H2,1-3H3. The Hall–Kier alpha value is -2.37. The zero-order chi connectivity index (χ0) is 22.9. The van der Waals surface area contributed by atoms with Crippen molar-refractivity contribution in [3.8, 4) is 6.07 Å². The molecule has 1 aliphatic carbocycles. The number of nitrogens with one attached hydrogen (secondary N) is 1. The Morgan fingerprint density at radius 3 is 2.47 bits per heavy atom. The van der Waals surface area contributed by atoms with Gasteiger partial charge in [0.25, 0.3) is 0 Å². The molecule has 0 radical (unpaired) electrons. The highest BCUT2D eigenvalue weighted by atomic mass is 32.2. The summed E-state index contributed by atoms with van der Waals surface area (Å²) in [4.78, 5) is 0.138. The van der Waals surface area contributed by atoms with E-state index in [2.05, 4.69) is 16.5 Å². The number of nitrogens with zero attached hydrogens (tertiary/aromatic N) is 3. The summed E-state index contributed by atoms with van der Waals surface area (Å²) in [6, 6.07) is 7.43. The fourth-order valence-corrected chi connectivity index (χ4v) is 6.95. The molecule has 1 aromatic carbocycles. The van der Waals surface area contributed by atoms with Gasteiger partial charge in [0.2, 0.25) is 10.0 Å². The topological polar surface area (TPSA) is 99.2 Å². The van der Waals surface area contributed by atoms with E-state index >= 15 is 0 Å². The summed E-state index contributed by atoms with van der Waals surface area (Å²) in [5, 5.41) is 17.1. The average Bonchev–Trinajstić information content (AvgIpc) is 3.37. The Morgan fingerprint density at radius 2 is 1.88 bits per heavy atom. The molecule has 1 aromatic heterocycles. The molecule has 2 heterocycles. The highest BCUT2D eigenvalue weighted by Gasteiger charge is 2.36. The van der Waals surface area contributed by atoms with Crippen LogP contribution in [0.2, 0.25) is 0 Å². The number of benzene rings is 1. The van der Waals surface area contributed by atoms with Gasteiger partial charge in [-0.2, -0.15) is 9.57 Å².